The van der Waals surface area contributed by atoms with Crippen molar-refractivity contribution in [2.45, 2.75) is 20.5 Å². The van der Waals surface area contributed by atoms with Crippen LogP contribution < -0.4 is 0 Å². The second kappa shape index (κ2) is 4.76. The Morgan fingerprint density at radius 3 is 1.57 bits per heavy atom. The summed E-state index contributed by atoms with van der Waals surface area (Å²) in [5.74, 6) is 0. The first-order chi connectivity index (χ1) is 10.2. The molecule has 0 heterocycles. The average Bonchev–Trinajstić information content (AvgIpc) is 3.12. The van der Waals surface area contributed by atoms with Gasteiger partial charge in [0.05, 0.1) is 0 Å². The number of hydrogen-bond acceptors (Lipinski definition) is 0. The standard InChI is InChI=1S/2C9H7.2CH3.V/c2*1-2-5-9-7-3-6-8(9)4-1;;;/h2*1-7H;2*1H3;. The van der Waals surface area contributed by atoms with Crippen molar-refractivity contribution in [3.63, 3.8) is 0 Å². The molecule has 0 amide bonds. The van der Waals surface area contributed by atoms with Crippen molar-refractivity contribution in [3.8, 4) is 0 Å². The summed E-state index contributed by atoms with van der Waals surface area (Å²) in [6, 6.07) is 17.8. The van der Waals surface area contributed by atoms with Gasteiger partial charge in [0, 0.05) is 0 Å². The van der Waals surface area contributed by atoms with Crippen LogP contribution >= 0.6 is 0 Å². The molecule has 0 bridgehead atoms. The summed E-state index contributed by atoms with van der Waals surface area (Å²) >= 11 is -1.91. The van der Waals surface area contributed by atoms with Gasteiger partial charge in [-0.1, -0.05) is 0 Å². The van der Waals surface area contributed by atoms with Gasteiger partial charge < -0.3 is 0 Å². The number of hydrogen-bond donors (Lipinski definition) is 0. The minimum atomic E-state index is -1.91. The molecule has 1 heteroatoms. The van der Waals surface area contributed by atoms with Gasteiger partial charge in [-0.2, -0.15) is 0 Å². The predicted molar refractivity (Wildman–Crippen MR) is 88.2 cm³/mol. The van der Waals surface area contributed by atoms with Gasteiger partial charge in [-0.05, 0) is 0 Å². The third kappa shape index (κ3) is 1.98. The van der Waals surface area contributed by atoms with Crippen LogP contribution in [-0.2, 0) is 14.0 Å². The maximum absolute atomic E-state index is 2.58. The summed E-state index contributed by atoms with van der Waals surface area (Å²) in [6.45, 7) is 0. The Morgan fingerprint density at radius 2 is 1.10 bits per heavy atom. The Balaban J connectivity index is 1.76. The molecule has 21 heavy (non-hydrogen) atoms. The van der Waals surface area contributed by atoms with Gasteiger partial charge in [-0.3, -0.25) is 0 Å². The van der Waals surface area contributed by atoms with Crippen LogP contribution in [0.25, 0.3) is 12.2 Å². The predicted octanol–water partition coefficient (Wildman–Crippen LogP) is 5.77. The second-order valence-electron chi connectivity index (χ2n) is 6.49. The fraction of sp³-hybridized carbons (Fsp3) is 0.200. The molecule has 2 aromatic rings. The Kier molecular flexibility index (Phi) is 2.99. The molecule has 0 saturated heterocycles. The molecular weight excluding hydrogens is 291 g/mol. The molecule has 0 spiro atoms. The number of fused-ring (bicyclic) bond motifs is 2. The fourth-order valence-electron chi connectivity index (χ4n) is 3.79. The van der Waals surface area contributed by atoms with Gasteiger partial charge in [0.1, 0.15) is 0 Å². The maximum atomic E-state index is 2.58. The zero-order chi connectivity index (χ0) is 14.4. The van der Waals surface area contributed by atoms with Crippen LogP contribution in [0.4, 0.5) is 0 Å². The van der Waals surface area contributed by atoms with Crippen LogP contribution in [0.2, 0.25) is 11.3 Å². The third-order valence-electron chi connectivity index (χ3n) is 4.98. The normalized spacial score (nSPS) is 22.4. The molecule has 2 unspecified atom stereocenters. The van der Waals surface area contributed by atoms with E-state index in [0.29, 0.717) is 9.26 Å². The van der Waals surface area contributed by atoms with Crippen LogP contribution in [0.1, 0.15) is 31.5 Å². The first kappa shape index (κ1) is 13.2. The Labute approximate surface area is 129 Å². The zero-order valence-electron chi connectivity index (χ0n) is 12.5. The molecule has 105 valence electrons. The van der Waals surface area contributed by atoms with Crippen molar-refractivity contribution < 1.29 is 14.0 Å². The van der Waals surface area contributed by atoms with Crippen molar-refractivity contribution in [2.24, 2.45) is 0 Å². The zero-order valence-corrected chi connectivity index (χ0v) is 13.9. The monoisotopic (exact) mass is 311 g/mol. The molecule has 0 saturated carbocycles. The van der Waals surface area contributed by atoms with Gasteiger partial charge in [0.15, 0.2) is 0 Å². The minimum absolute atomic E-state index is 0.653. The van der Waals surface area contributed by atoms with Crippen molar-refractivity contribution in [3.05, 3.63) is 82.9 Å². The SMILES string of the molecule is [CH3][V]([CH3])([CH]1C=Cc2ccccc21)[CH]1C=Cc2ccccc21. The summed E-state index contributed by atoms with van der Waals surface area (Å²) < 4.78 is 1.31. The van der Waals surface area contributed by atoms with Crippen LogP contribution in [0.15, 0.2) is 60.7 Å². The van der Waals surface area contributed by atoms with E-state index in [9.17, 15) is 0 Å². The van der Waals surface area contributed by atoms with Crippen LogP contribution in [-0.4, -0.2) is 0 Å². The molecule has 0 nitrogen and oxygen atoms in total. The molecule has 0 aromatic heterocycles. The summed E-state index contributed by atoms with van der Waals surface area (Å²) in [5.41, 5.74) is 11.1. The number of benzene rings is 2. The van der Waals surface area contributed by atoms with Gasteiger partial charge in [-0.25, -0.2) is 0 Å². The van der Waals surface area contributed by atoms with Crippen LogP contribution in [0, 0.1) is 0 Å². The fourth-order valence-corrected chi connectivity index (χ4v) is 8.96. The topological polar surface area (TPSA) is 0 Å². The van der Waals surface area contributed by atoms with E-state index in [1.807, 2.05) is 0 Å². The molecule has 2 atom stereocenters. The van der Waals surface area contributed by atoms with E-state index >= 15 is 0 Å². The van der Waals surface area contributed by atoms with E-state index in [0.717, 1.165) is 0 Å². The molecule has 2 aromatic carbocycles. The molecular formula is C20H20V. The second-order valence-corrected chi connectivity index (χ2v) is 13.3. The van der Waals surface area contributed by atoms with E-state index in [2.05, 4.69) is 84.1 Å². The van der Waals surface area contributed by atoms with Gasteiger partial charge >= 0.3 is 130 Å². The van der Waals surface area contributed by atoms with Crippen LogP contribution in [0.3, 0.4) is 0 Å². The summed E-state index contributed by atoms with van der Waals surface area (Å²) in [5, 5.41) is 0. The van der Waals surface area contributed by atoms with Gasteiger partial charge in [0.2, 0.25) is 0 Å². The molecule has 0 fully saturated rings. The Morgan fingerprint density at radius 1 is 0.667 bits per heavy atom. The summed E-state index contributed by atoms with van der Waals surface area (Å²) in [6.07, 6.45) is 9.58. The number of rotatable bonds is 2. The average molecular weight is 311 g/mol. The molecule has 0 radical (unpaired) electrons. The van der Waals surface area contributed by atoms with Crippen molar-refractivity contribution in [2.75, 3.05) is 0 Å². The Bertz CT molecular complexity index is 688. The van der Waals surface area contributed by atoms with E-state index in [1.165, 1.54) is 11.1 Å². The molecule has 4 rings (SSSR count). The first-order valence-electron chi connectivity index (χ1n) is 7.55. The summed E-state index contributed by atoms with van der Waals surface area (Å²) in [4.78, 5) is 0. The van der Waals surface area contributed by atoms with Gasteiger partial charge in [0.25, 0.3) is 0 Å². The third-order valence-corrected chi connectivity index (χ3v) is 10.9. The van der Waals surface area contributed by atoms with E-state index in [1.54, 1.807) is 11.1 Å². The summed E-state index contributed by atoms with van der Waals surface area (Å²) in [7, 11) is 0. The molecule has 0 N–H and O–H groups in total. The van der Waals surface area contributed by atoms with E-state index in [4.69, 9.17) is 0 Å². The molecule has 2 aliphatic rings. The van der Waals surface area contributed by atoms with Crippen LogP contribution in [0.5, 0.6) is 0 Å². The van der Waals surface area contributed by atoms with Gasteiger partial charge in [-0.15, -0.1) is 0 Å². The number of allylic oxidation sites excluding steroid dienone is 2. The van der Waals surface area contributed by atoms with E-state index < -0.39 is 14.0 Å². The molecule has 0 aliphatic heterocycles. The van der Waals surface area contributed by atoms with E-state index in [-0.39, 0.29) is 0 Å². The van der Waals surface area contributed by atoms with Crippen molar-refractivity contribution >= 4 is 12.2 Å². The quantitative estimate of drug-likeness (QED) is 0.660. The van der Waals surface area contributed by atoms with Crippen molar-refractivity contribution in [1.82, 2.24) is 0 Å². The van der Waals surface area contributed by atoms with Crippen molar-refractivity contribution in [1.29, 1.82) is 0 Å². The molecule has 2 aliphatic carbocycles. The Hall–Kier alpha value is -1.50. The first-order valence-corrected chi connectivity index (χ1v) is 12.0.